The van der Waals surface area contributed by atoms with Gasteiger partial charge in [-0.3, -0.25) is 0 Å². The lowest BCUT2D eigenvalue weighted by molar-refractivity contribution is 0.177. The Morgan fingerprint density at radius 1 is 1.50 bits per heavy atom. The molecule has 0 bridgehead atoms. The van der Waals surface area contributed by atoms with Crippen LogP contribution in [0.4, 0.5) is 5.82 Å². The van der Waals surface area contributed by atoms with Crippen molar-refractivity contribution in [3.63, 3.8) is 0 Å². The van der Waals surface area contributed by atoms with Crippen LogP contribution < -0.4 is 5.32 Å². The van der Waals surface area contributed by atoms with Crippen LogP contribution in [0.5, 0.6) is 0 Å². The molecule has 0 saturated heterocycles. The summed E-state index contributed by atoms with van der Waals surface area (Å²) in [5, 5.41) is 20.8. The van der Waals surface area contributed by atoms with Gasteiger partial charge in [-0.15, -0.1) is 0 Å². The van der Waals surface area contributed by atoms with Gasteiger partial charge in [0.05, 0.1) is 12.1 Å². The molecule has 1 rings (SSSR count). The molecule has 0 aliphatic carbocycles. The third-order valence-corrected chi connectivity index (χ3v) is 1.88. The fourth-order valence-electron chi connectivity index (χ4n) is 0.851. The van der Waals surface area contributed by atoms with Crippen LogP contribution in [-0.4, -0.2) is 27.2 Å². The number of hydrogen-bond donors (Lipinski definition) is 2. The first kappa shape index (κ1) is 10.4. The molecule has 0 spiro atoms. The number of aliphatic hydroxyl groups excluding tert-OH is 1. The van der Waals surface area contributed by atoms with Crippen molar-refractivity contribution >= 4 is 5.82 Å². The van der Waals surface area contributed by atoms with Gasteiger partial charge in [0.15, 0.2) is 0 Å². The van der Waals surface area contributed by atoms with Crippen molar-refractivity contribution < 1.29 is 5.11 Å². The lowest BCUT2D eigenvalue weighted by atomic mass is 10.2. The number of nitrogens with one attached hydrogen (secondary N) is 1. The summed E-state index contributed by atoms with van der Waals surface area (Å²) in [6, 6.07) is 3.34. The van der Waals surface area contributed by atoms with Crippen molar-refractivity contribution in [2.45, 2.75) is 26.0 Å². The van der Waals surface area contributed by atoms with Gasteiger partial charge in [0.2, 0.25) is 0 Å². The summed E-state index contributed by atoms with van der Waals surface area (Å²) < 4.78 is 0. The van der Waals surface area contributed by atoms with Crippen molar-refractivity contribution in [1.29, 1.82) is 5.26 Å². The average molecular weight is 192 g/mol. The Kier molecular flexibility index (Phi) is 3.37. The van der Waals surface area contributed by atoms with Gasteiger partial charge < -0.3 is 10.4 Å². The summed E-state index contributed by atoms with van der Waals surface area (Å²) in [5.41, 5.74) is 0.306. The maximum atomic E-state index is 9.24. The van der Waals surface area contributed by atoms with Gasteiger partial charge in [0.25, 0.3) is 0 Å². The highest BCUT2D eigenvalue weighted by Gasteiger charge is 2.08. The Labute approximate surface area is 82.4 Å². The van der Waals surface area contributed by atoms with Gasteiger partial charge in [-0.05, 0) is 13.8 Å². The Morgan fingerprint density at radius 2 is 2.21 bits per heavy atom. The van der Waals surface area contributed by atoms with Crippen molar-refractivity contribution in [2.24, 2.45) is 0 Å². The highest BCUT2D eigenvalue weighted by atomic mass is 16.3. The zero-order chi connectivity index (χ0) is 10.6. The quantitative estimate of drug-likeness (QED) is 0.730. The van der Waals surface area contributed by atoms with Gasteiger partial charge in [-0.2, -0.15) is 5.26 Å². The molecule has 0 saturated carbocycles. The molecule has 0 fully saturated rings. The van der Waals surface area contributed by atoms with Crippen molar-refractivity contribution in [3.8, 4) is 6.07 Å². The van der Waals surface area contributed by atoms with Crippen LogP contribution in [-0.2, 0) is 0 Å². The number of rotatable bonds is 3. The van der Waals surface area contributed by atoms with Gasteiger partial charge in [0, 0.05) is 6.07 Å². The van der Waals surface area contributed by atoms with E-state index in [9.17, 15) is 5.11 Å². The molecule has 0 aliphatic rings. The molecule has 0 aliphatic heterocycles. The SMILES string of the molecule is CC(O)C(C)Nc1cc(C#N)ncn1. The molecule has 5 heteroatoms. The predicted octanol–water partition coefficient (Wildman–Crippen LogP) is 0.529. The maximum absolute atomic E-state index is 9.24. The molecule has 2 atom stereocenters. The van der Waals surface area contributed by atoms with Gasteiger partial charge in [-0.1, -0.05) is 0 Å². The van der Waals surface area contributed by atoms with Crippen LogP contribution in [0.15, 0.2) is 12.4 Å². The second-order valence-electron chi connectivity index (χ2n) is 3.07. The first-order valence-electron chi connectivity index (χ1n) is 4.30. The first-order valence-corrected chi connectivity index (χ1v) is 4.30. The second kappa shape index (κ2) is 4.53. The minimum atomic E-state index is -0.476. The van der Waals surface area contributed by atoms with E-state index in [1.807, 2.05) is 13.0 Å². The summed E-state index contributed by atoms with van der Waals surface area (Å²) in [5.74, 6) is 0.546. The molecule has 2 N–H and O–H groups in total. The number of hydrogen-bond acceptors (Lipinski definition) is 5. The summed E-state index contributed by atoms with van der Waals surface area (Å²) in [4.78, 5) is 7.66. The zero-order valence-corrected chi connectivity index (χ0v) is 8.10. The molecule has 1 aromatic rings. The summed E-state index contributed by atoms with van der Waals surface area (Å²) >= 11 is 0. The van der Waals surface area contributed by atoms with Crippen LogP contribution in [0.1, 0.15) is 19.5 Å². The van der Waals surface area contributed by atoms with E-state index in [0.717, 1.165) is 0 Å². The summed E-state index contributed by atoms with van der Waals surface area (Å²) in [6.07, 6.45) is 0.839. The van der Waals surface area contributed by atoms with E-state index in [1.54, 1.807) is 13.0 Å². The standard InChI is InChI=1S/C9H12N4O/c1-6(7(2)14)13-9-3-8(4-10)11-5-12-9/h3,5-7,14H,1-2H3,(H,11,12,13). The number of aromatic nitrogens is 2. The Morgan fingerprint density at radius 3 is 2.79 bits per heavy atom. The van der Waals surface area contributed by atoms with Crippen LogP contribution in [0.25, 0.3) is 0 Å². The molecular weight excluding hydrogens is 180 g/mol. The van der Waals surface area contributed by atoms with Crippen LogP contribution >= 0.6 is 0 Å². The molecule has 2 unspecified atom stereocenters. The third-order valence-electron chi connectivity index (χ3n) is 1.88. The smallest absolute Gasteiger partial charge is 0.145 e. The van der Waals surface area contributed by atoms with Crippen molar-refractivity contribution in [3.05, 3.63) is 18.1 Å². The van der Waals surface area contributed by atoms with Crippen molar-refractivity contribution in [1.82, 2.24) is 9.97 Å². The minimum Gasteiger partial charge on any atom is -0.391 e. The predicted molar refractivity (Wildman–Crippen MR) is 51.5 cm³/mol. The fourth-order valence-corrected chi connectivity index (χ4v) is 0.851. The van der Waals surface area contributed by atoms with Gasteiger partial charge in [0.1, 0.15) is 23.9 Å². The van der Waals surface area contributed by atoms with Gasteiger partial charge >= 0.3 is 0 Å². The van der Waals surface area contributed by atoms with Crippen LogP contribution in [0.2, 0.25) is 0 Å². The summed E-state index contributed by atoms with van der Waals surface area (Å²) in [6.45, 7) is 3.52. The zero-order valence-electron chi connectivity index (χ0n) is 8.10. The Balaban J connectivity index is 2.73. The topological polar surface area (TPSA) is 81.8 Å². The van der Waals surface area contributed by atoms with E-state index in [4.69, 9.17) is 5.26 Å². The monoisotopic (exact) mass is 192 g/mol. The number of anilines is 1. The van der Waals surface area contributed by atoms with E-state index < -0.39 is 6.10 Å². The normalized spacial score (nSPS) is 14.1. The van der Waals surface area contributed by atoms with Crippen molar-refractivity contribution in [2.75, 3.05) is 5.32 Å². The fraction of sp³-hybridized carbons (Fsp3) is 0.444. The molecule has 14 heavy (non-hydrogen) atoms. The van der Waals surface area contributed by atoms with E-state index in [2.05, 4.69) is 15.3 Å². The first-order chi connectivity index (χ1) is 6.63. The second-order valence-corrected chi connectivity index (χ2v) is 3.07. The van der Waals surface area contributed by atoms with E-state index in [0.29, 0.717) is 11.5 Å². The molecule has 0 aromatic carbocycles. The Hall–Kier alpha value is -1.67. The van der Waals surface area contributed by atoms with Crippen LogP contribution in [0.3, 0.4) is 0 Å². The van der Waals surface area contributed by atoms with E-state index >= 15 is 0 Å². The highest BCUT2D eigenvalue weighted by molar-refractivity contribution is 5.39. The number of aliphatic hydroxyl groups is 1. The molecule has 74 valence electrons. The minimum absolute atomic E-state index is 0.114. The Bertz CT molecular complexity index is 345. The van der Waals surface area contributed by atoms with Gasteiger partial charge in [-0.25, -0.2) is 9.97 Å². The molecule has 1 aromatic heterocycles. The molecule has 1 heterocycles. The molecule has 5 nitrogen and oxygen atoms in total. The molecule has 0 amide bonds. The third kappa shape index (κ3) is 2.68. The summed E-state index contributed by atoms with van der Waals surface area (Å²) in [7, 11) is 0. The highest BCUT2D eigenvalue weighted by Crippen LogP contribution is 2.06. The molecular formula is C9H12N4O. The molecule has 0 radical (unpaired) electrons. The maximum Gasteiger partial charge on any atom is 0.145 e. The average Bonchev–Trinajstić information content (AvgIpc) is 2.18. The van der Waals surface area contributed by atoms with E-state index in [-0.39, 0.29) is 6.04 Å². The number of nitriles is 1. The van der Waals surface area contributed by atoms with E-state index in [1.165, 1.54) is 6.33 Å². The largest absolute Gasteiger partial charge is 0.391 e. The lowest BCUT2D eigenvalue weighted by Crippen LogP contribution is -2.28. The lowest BCUT2D eigenvalue weighted by Gasteiger charge is -2.16. The van der Waals surface area contributed by atoms with Crippen LogP contribution in [0, 0.1) is 11.3 Å². The number of nitrogens with zero attached hydrogens (tertiary/aromatic N) is 3.